The van der Waals surface area contributed by atoms with Crippen LogP contribution in [0.4, 0.5) is 5.69 Å². The largest absolute Gasteiger partial charge is 0.381 e. The van der Waals surface area contributed by atoms with Gasteiger partial charge in [0, 0.05) is 12.2 Å². The van der Waals surface area contributed by atoms with E-state index in [1.165, 1.54) is 31.4 Å². The SMILES string of the molecule is Cc1ncccc1NC1CCCCC1C(C)(C)C. The zero-order valence-electron chi connectivity index (χ0n) is 12.2. The number of aromatic nitrogens is 1. The van der Waals surface area contributed by atoms with Crippen molar-refractivity contribution in [3.05, 3.63) is 24.0 Å². The lowest BCUT2D eigenvalue weighted by Gasteiger charge is -2.41. The maximum absolute atomic E-state index is 4.37. The quantitative estimate of drug-likeness (QED) is 0.836. The van der Waals surface area contributed by atoms with E-state index in [-0.39, 0.29) is 0 Å². The van der Waals surface area contributed by atoms with Crippen molar-refractivity contribution in [2.24, 2.45) is 11.3 Å². The van der Waals surface area contributed by atoms with Crippen LogP contribution in [-0.4, -0.2) is 11.0 Å². The van der Waals surface area contributed by atoms with Crippen molar-refractivity contribution in [1.29, 1.82) is 0 Å². The molecule has 18 heavy (non-hydrogen) atoms. The summed E-state index contributed by atoms with van der Waals surface area (Å²) in [5.74, 6) is 0.755. The van der Waals surface area contributed by atoms with Crippen LogP contribution in [-0.2, 0) is 0 Å². The van der Waals surface area contributed by atoms with Gasteiger partial charge in [0.15, 0.2) is 0 Å². The van der Waals surface area contributed by atoms with E-state index in [1.807, 2.05) is 12.3 Å². The molecule has 1 aromatic rings. The standard InChI is InChI=1S/C16H26N2/c1-12-14(10-7-11-17-12)18-15-9-6-5-8-13(15)16(2,3)4/h7,10-11,13,15,18H,5-6,8-9H2,1-4H3. The first-order valence-corrected chi connectivity index (χ1v) is 7.16. The van der Waals surface area contributed by atoms with Crippen LogP contribution in [0.25, 0.3) is 0 Å². The molecule has 0 radical (unpaired) electrons. The molecule has 2 nitrogen and oxygen atoms in total. The molecule has 0 bridgehead atoms. The van der Waals surface area contributed by atoms with Gasteiger partial charge in [-0.3, -0.25) is 4.98 Å². The van der Waals surface area contributed by atoms with Crippen LogP contribution in [0.2, 0.25) is 0 Å². The first-order chi connectivity index (χ1) is 8.48. The first kappa shape index (κ1) is 13.4. The van der Waals surface area contributed by atoms with Gasteiger partial charge in [0.1, 0.15) is 0 Å². The Hall–Kier alpha value is -1.05. The lowest BCUT2D eigenvalue weighted by molar-refractivity contribution is 0.163. The van der Waals surface area contributed by atoms with Crippen LogP contribution in [0, 0.1) is 18.3 Å². The van der Waals surface area contributed by atoms with Gasteiger partial charge >= 0.3 is 0 Å². The van der Waals surface area contributed by atoms with Gasteiger partial charge in [-0.15, -0.1) is 0 Å². The molecule has 1 heterocycles. The smallest absolute Gasteiger partial charge is 0.0603 e. The number of nitrogens with one attached hydrogen (secondary N) is 1. The summed E-state index contributed by atoms with van der Waals surface area (Å²) in [4.78, 5) is 4.37. The summed E-state index contributed by atoms with van der Waals surface area (Å²) >= 11 is 0. The van der Waals surface area contributed by atoms with Gasteiger partial charge < -0.3 is 5.32 Å². The highest BCUT2D eigenvalue weighted by atomic mass is 15.0. The van der Waals surface area contributed by atoms with E-state index >= 15 is 0 Å². The molecule has 1 fully saturated rings. The third-order valence-electron chi connectivity index (χ3n) is 4.23. The van der Waals surface area contributed by atoms with Gasteiger partial charge in [-0.05, 0) is 43.2 Å². The molecular formula is C16H26N2. The summed E-state index contributed by atoms with van der Waals surface area (Å²) in [6.07, 6.45) is 7.23. The minimum absolute atomic E-state index is 0.383. The molecule has 0 aromatic carbocycles. The number of hydrogen-bond donors (Lipinski definition) is 1. The minimum atomic E-state index is 0.383. The number of nitrogens with zero attached hydrogens (tertiary/aromatic N) is 1. The average molecular weight is 246 g/mol. The Bertz CT molecular complexity index is 392. The first-order valence-electron chi connectivity index (χ1n) is 7.16. The van der Waals surface area contributed by atoms with E-state index in [9.17, 15) is 0 Å². The fraction of sp³-hybridized carbons (Fsp3) is 0.688. The van der Waals surface area contributed by atoms with Gasteiger partial charge in [0.05, 0.1) is 11.4 Å². The molecule has 1 aliphatic carbocycles. The van der Waals surface area contributed by atoms with E-state index in [0.29, 0.717) is 11.5 Å². The van der Waals surface area contributed by atoms with Crippen LogP contribution >= 0.6 is 0 Å². The number of hydrogen-bond acceptors (Lipinski definition) is 2. The van der Waals surface area contributed by atoms with E-state index in [1.54, 1.807) is 0 Å². The Morgan fingerprint density at radius 3 is 2.61 bits per heavy atom. The van der Waals surface area contributed by atoms with Gasteiger partial charge in [-0.1, -0.05) is 33.6 Å². The van der Waals surface area contributed by atoms with Crippen molar-refractivity contribution in [3.63, 3.8) is 0 Å². The van der Waals surface area contributed by atoms with Crippen molar-refractivity contribution < 1.29 is 0 Å². The fourth-order valence-corrected chi connectivity index (χ4v) is 3.18. The van der Waals surface area contributed by atoms with Crippen molar-refractivity contribution >= 4 is 5.69 Å². The normalized spacial score (nSPS) is 24.9. The highest BCUT2D eigenvalue weighted by Crippen LogP contribution is 2.39. The molecule has 1 N–H and O–H groups in total. The molecule has 2 atom stereocenters. The molecule has 0 saturated heterocycles. The second-order valence-corrected chi connectivity index (χ2v) is 6.64. The Labute approximate surface area is 111 Å². The van der Waals surface area contributed by atoms with Crippen molar-refractivity contribution in [3.8, 4) is 0 Å². The van der Waals surface area contributed by atoms with Crippen LogP contribution < -0.4 is 5.32 Å². The summed E-state index contributed by atoms with van der Waals surface area (Å²) in [6, 6.07) is 4.77. The van der Waals surface area contributed by atoms with Crippen molar-refractivity contribution in [2.75, 3.05) is 5.32 Å². The molecule has 0 aliphatic heterocycles. The summed E-state index contributed by atoms with van der Waals surface area (Å²) < 4.78 is 0. The molecule has 1 aliphatic rings. The maximum atomic E-state index is 4.37. The Kier molecular flexibility index (Phi) is 3.94. The average Bonchev–Trinajstić information content (AvgIpc) is 2.31. The highest BCUT2D eigenvalue weighted by Gasteiger charge is 2.34. The van der Waals surface area contributed by atoms with Crippen LogP contribution in [0.15, 0.2) is 18.3 Å². The number of rotatable bonds is 2. The molecule has 1 saturated carbocycles. The second-order valence-electron chi connectivity index (χ2n) is 6.64. The van der Waals surface area contributed by atoms with E-state index < -0.39 is 0 Å². The third-order valence-corrected chi connectivity index (χ3v) is 4.23. The van der Waals surface area contributed by atoms with E-state index in [2.05, 4.69) is 44.1 Å². The second kappa shape index (κ2) is 5.29. The predicted molar refractivity (Wildman–Crippen MR) is 77.8 cm³/mol. The number of anilines is 1. The van der Waals surface area contributed by atoms with Crippen molar-refractivity contribution in [2.45, 2.75) is 59.4 Å². The number of pyridine rings is 1. The lowest BCUT2D eigenvalue weighted by atomic mass is 9.69. The molecule has 2 heteroatoms. The van der Waals surface area contributed by atoms with Gasteiger partial charge in [-0.2, -0.15) is 0 Å². The molecule has 2 unspecified atom stereocenters. The molecule has 0 amide bonds. The Morgan fingerprint density at radius 1 is 1.22 bits per heavy atom. The number of aryl methyl sites for hydroxylation is 1. The van der Waals surface area contributed by atoms with E-state index in [0.717, 1.165) is 11.6 Å². The zero-order valence-corrected chi connectivity index (χ0v) is 12.2. The maximum Gasteiger partial charge on any atom is 0.0603 e. The molecule has 2 rings (SSSR count). The Balaban J connectivity index is 2.13. The highest BCUT2D eigenvalue weighted by molar-refractivity contribution is 5.47. The molecule has 0 spiro atoms. The summed E-state index contributed by atoms with van der Waals surface area (Å²) in [7, 11) is 0. The lowest BCUT2D eigenvalue weighted by Crippen LogP contribution is -2.40. The summed E-state index contributed by atoms with van der Waals surface area (Å²) in [5.41, 5.74) is 2.70. The summed E-state index contributed by atoms with van der Waals surface area (Å²) in [6.45, 7) is 9.19. The van der Waals surface area contributed by atoms with Crippen molar-refractivity contribution in [1.82, 2.24) is 4.98 Å². The molecule has 100 valence electrons. The van der Waals surface area contributed by atoms with E-state index in [4.69, 9.17) is 0 Å². The zero-order chi connectivity index (χ0) is 13.2. The Morgan fingerprint density at radius 2 is 1.94 bits per heavy atom. The summed E-state index contributed by atoms with van der Waals surface area (Å²) in [5, 5.41) is 3.74. The van der Waals surface area contributed by atoms with Crippen LogP contribution in [0.3, 0.4) is 0 Å². The van der Waals surface area contributed by atoms with Gasteiger partial charge in [0.25, 0.3) is 0 Å². The van der Waals surface area contributed by atoms with Crippen LogP contribution in [0.5, 0.6) is 0 Å². The topological polar surface area (TPSA) is 24.9 Å². The van der Waals surface area contributed by atoms with Gasteiger partial charge in [-0.25, -0.2) is 0 Å². The third kappa shape index (κ3) is 3.04. The molecule has 1 aromatic heterocycles. The van der Waals surface area contributed by atoms with Gasteiger partial charge in [0.2, 0.25) is 0 Å². The fourth-order valence-electron chi connectivity index (χ4n) is 3.18. The minimum Gasteiger partial charge on any atom is -0.381 e. The van der Waals surface area contributed by atoms with Crippen LogP contribution in [0.1, 0.15) is 52.1 Å². The monoisotopic (exact) mass is 246 g/mol. The molecular weight excluding hydrogens is 220 g/mol. The predicted octanol–water partition coefficient (Wildman–Crippen LogP) is 4.41.